The molecule has 0 bridgehead atoms. The lowest BCUT2D eigenvalue weighted by atomic mass is 10.0. The highest BCUT2D eigenvalue weighted by molar-refractivity contribution is 5.96. The first-order valence-corrected chi connectivity index (χ1v) is 11.6. The van der Waals surface area contributed by atoms with Crippen molar-refractivity contribution in [3.05, 3.63) is 65.9 Å². The Morgan fingerprint density at radius 2 is 1.89 bits per heavy atom. The number of pyridine rings is 1. The number of nitriles is 1. The number of carbonyl (C=O) groups is 1. The number of methoxy groups -OCH3 is 1. The third-order valence-corrected chi connectivity index (χ3v) is 6.41. The van der Waals surface area contributed by atoms with Crippen LogP contribution in [0.2, 0.25) is 0 Å². The van der Waals surface area contributed by atoms with Gasteiger partial charge in [0.05, 0.1) is 23.9 Å². The molecule has 1 fully saturated rings. The van der Waals surface area contributed by atoms with E-state index in [1.165, 1.54) is 4.90 Å². The second-order valence-electron chi connectivity index (χ2n) is 8.84. The predicted octanol–water partition coefficient (Wildman–Crippen LogP) is 5.34. The summed E-state index contributed by atoms with van der Waals surface area (Å²) in [7, 11) is 5.00. The Balaban J connectivity index is 1.57. The van der Waals surface area contributed by atoms with Crippen LogP contribution in [-0.4, -0.2) is 50.1 Å². The molecule has 4 aromatic rings. The number of rotatable bonds is 5. The van der Waals surface area contributed by atoms with Gasteiger partial charge in [-0.2, -0.15) is 5.26 Å². The molecule has 3 heterocycles. The summed E-state index contributed by atoms with van der Waals surface area (Å²) in [6, 6.07) is 17.4. The second-order valence-corrected chi connectivity index (χ2v) is 8.84. The number of hydrogen-bond acceptors (Lipinski definition) is 6. The number of benzene rings is 2. The van der Waals surface area contributed by atoms with Gasteiger partial charge in [0, 0.05) is 50.6 Å². The minimum absolute atomic E-state index is 0.103. The third-order valence-electron chi connectivity index (χ3n) is 6.41. The van der Waals surface area contributed by atoms with Gasteiger partial charge in [-0.05, 0) is 54.8 Å². The molecule has 176 valence electrons. The van der Waals surface area contributed by atoms with Crippen LogP contribution in [0, 0.1) is 11.3 Å². The van der Waals surface area contributed by atoms with Crippen molar-refractivity contribution in [2.45, 2.75) is 12.8 Å². The molecule has 1 amide bonds. The summed E-state index contributed by atoms with van der Waals surface area (Å²) in [6.45, 7) is 1.96. The van der Waals surface area contributed by atoms with Crippen molar-refractivity contribution < 1.29 is 13.9 Å². The molecule has 0 radical (unpaired) electrons. The van der Waals surface area contributed by atoms with Crippen molar-refractivity contribution in [2.75, 3.05) is 39.2 Å². The van der Waals surface area contributed by atoms with E-state index in [0.717, 1.165) is 48.3 Å². The van der Waals surface area contributed by atoms with Gasteiger partial charge in [-0.1, -0.05) is 6.07 Å². The molecule has 2 aromatic heterocycles. The molecule has 0 unspecified atom stereocenters. The van der Waals surface area contributed by atoms with Crippen LogP contribution in [0.3, 0.4) is 0 Å². The maximum Gasteiger partial charge on any atom is 0.253 e. The number of ether oxygens (including phenoxy) is 1. The Labute approximate surface area is 204 Å². The number of aromatic nitrogens is 1. The molecule has 1 aliphatic heterocycles. The fourth-order valence-corrected chi connectivity index (χ4v) is 4.61. The van der Waals surface area contributed by atoms with Gasteiger partial charge in [0.2, 0.25) is 0 Å². The van der Waals surface area contributed by atoms with E-state index < -0.39 is 0 Å². The van der Waals surface area contributed by atoms with Gasteiger partial charge in [-0.25, -0.2) is 0 Å². The molecule has 35 heavy (non-hydrogen) atoms. The lowest BCUT2D eigenvalue weighted by Gasteiger charge is -2.19. The van der Waals surface area contributed by atoms with Crippen molar-refractivity contribution in [3.8, 4) is 34.3 Å². The number of nitrogens with zero attached hydrogens (tertiary/aromatic N) is 4. The number of anilines is 1. The molecule has 0 spiro atoms. The van der Waals surface area contributed by atoms with E-state index in [1.54, 1.807) is 39.5 Å². The zero-order chi connectivity index (χ0) is 24.5. The minimum atomic E-state index is -0.103. The van der Waals surface area contributed by atoms with E-state index in [0.29, 0.717) is 33.7 Å². The minimum Gasteiger partial charge on any atom is -0.496 e. The smallest absolute Gasteiger partial charge is 0.253 e. The van der Waals surface area contributed by atoms with Gasteiger partial charge in [0.15, 0.2) is 5.58 Å². The summed E-state index contributed by atoms with van der Waals surface area (Å²) in [6.07, 6.45) is 4.05. The first-order chi connectivity index (χ1) is 17.0. The second kappa shape index (κ2) is 9.15. The van der Waals surface area contributed by atoms with Gasteiger partial charge in [-0.3, -0.25) is 9.78 Å². The summed E-state index contributed by atoms with van der Waals surface area (Å²) in [5, 5.41) is 9.82. The monoisotopic (exact) mass is 466 g/mol. The van der Waals surface area contributed by atoms with Crippen LogP contribution in [0.25, 0.3) is 33.6 Å². The third kappa shape index (κ3) is 4.08. The summed E-state index contributed by atoms with van der Waals surface area (Å²) < 4.78 is 11.9. The molecule has 2 aromatic carbocycles. The quantitative estimate of drug-likeness (QED) is 0.395. The van der Waals surface area contributed by atoms with Crippen LogP contribution < -0.4 is 9.64 Å². The maximum absolute atomic E-state index is 12.4. The standard InChI is InChI=1S/C28H26N4O3/c1-31(2)28(33)19-6-8-22(25(15-19)34-3)26-16-23-27(35-26)21(10-11-30-23)18-7-9-24(20(14-18)17-29)32-12-4-5-13-32/h6-11,14-16H,4-5,12-13H2,1-3H3. The van der Waals surface area contributed by atoms with Crippen molar-refractivity contribution >= 4 is 22.7 Å². The Kier molecular flexibility index (Phi) is 5.87. The molecule has 0 saturated carbocycles. The first kappa shape index (κ1) is 22.5. The summed E-state index contributed by atoms with van der Waals surface area (Å²) in [5.74, 6) is 1.03. The lowest BCUT2D eigenvalue weighted by Crippen LogP contribution is -2.21. The normalized spacial score (nSPS) is 13.1. The molecule has 1 saturated heterocycles. The average molecular weight is 467 g/mol. The van der Waals surface area contributed by atoms with Gasteiger partial charge >= 0.3 is 0 Å². The van der Waals surface area contributed by atoms with Crippen LogP contribution in [0.15, 0.2) is 59.1 Å². The van der Waals surface area contributed by atoms with Gasteiger partial charge < -0.3 is 19.0 Å². The topological polar surface area (TPSA) is 82.6 Å². The summed E-state index contributed by atoms with van der Waals surface area (Å²) >= 11 is 0. The van der Waals surface area contributed by atoms with E-state index in [1.807, 2.05) is 36.4 Å². The molecule has 0 N–H and O–H groups in total. The van der Waals surface area contributed by atoms with E-state index >= 15 is 0 Å². The van der Waals surface area contributed by atoms with Crippen LogP contribution >= 0.6 is 0 Å². The van der Waals surface area contributed by atoms with Crippen molar-refractivity contribution in [3.63, 3.8) is 0 Å². The van der Waals surface area contributed by atoms with E-state index in [2.05, 4.69) is 16.0 Å². The van der Waals surface area contributed by atoms with Gasteiger partial charge in [0.25, 0.3) is 5.91 Å². The van der Waals surface area contributed by atoms with Gasteiger partial charge in [0.1, 0.15) is 23.1 Å². The fraction of sp³-hybridized carbons (Fsp3) is 0.250. The van der Waals surface area contributed by atoms with Gasteiger partial charge in [-0.15, -0.1) is 0 Å². The van der Waals surface area contributed by atoms with E-state index in [4.69, 9.17) is 9.15 Å². The highest BCUT2D eigenvalue weighted by Crippen LogP contribution is 2.38. The first-order valence-electron chi connectivity index (χ1n) is 11.6. The summed E-state index contributed by atoms with van der Waals surface area (Å²) in [4.78, 5) is 20.7. The number of amides is 1. The van der Waals surface area contributed by atoms with Crippen molar-refractivity contribution in [1.29, 1.82) is 5.26 Å². The molecule has 5 rings (SSSR count). The van der Waals surface area contributed by atoms with E-state index in [-0.39, 0.29) is 5.91 Å². The average Bonchev–Trinajstić information content (AvgIpc) is 3.57. The zero-order valence-electron chi connectivity index (χ0n) is 20.0. The zero-order valence-corrected chi connectivity index (χ0v) is 20.0. The number of fused-ring (bicyclic) bond motifs is 1. The molecule has 0 aliphatic carbocycles. The molecular weight excluding hydrogens is 440 g/mol. The highest BCUT2D eigenvalue weighted by atomic mass is 16.5. The number of furan rings is 1. The molecule has 7 nitrogen and oxygen atoms in total. The van der Waals surface area contributed by atoms with Crippen molar-refractivity contribution in [1.82, 2.24) is 9.88 Å². The van der Waals surface area contributed by atoms with Crippen LogP contribution in [0.1, 0.15) is 28.8 Å². The fourth-order valence-electron chi connectivity index (χ4n) is 4.61. The Hall–Kier alpha value is -4.31. The largest absolute Gasteiger partial charge is 0.496 e. The Morgan fingerprint density at radius 3 is 2.60 bits per heavy atom. The van der Waals surface area contributed by atoms with Crippen LogP contribution in [-0.2, 0) is 0 Å². The SMILES string of the molecule is COc1cc(C(=O)N(C)C)ccc1-c1cc2nccc(-c3ccc(N4CCCC4)c(C#N)c3)c2o1. The summed E-state index contributed by atoms with van der Waals surface area (Å²) in [5.41, 5.74) is 6.01. The number of carbonyl (C=O) groups excluding carboxylic acids is 1. The van der Waals surface area contributed by atoms with Crippen LogP contribution in [0.4, 0.5) is 5.69 Å². The number of hydrogen-bond donors (Lipinski definition) is 0. The lowest BCUT2D eigenvalue weighted by molar-refractivity contribution is 0.0827. The highest BCUT2D eigenvalue weighted by Gasteiger charge is 2.20. The van der Waals surface area contributed by atoms with E-state index in [9.17, 15) is 10.1 Å². The molecular formula is C28H26N4O3. The predicted molar refractivity (Wildman–Crippen MR) is 136 cm³/mol. The van der Waals surface area contributed by atoms with Crippen LogP contribution in [0.5, 0.6) is 5.75 Å². The molecule has 7 heteroatoms. The molecule has 1 aliphatic rings. The Morgan fingerprint density at radius 1 is 1.09 bits per heavy atom. The Bertz CT molecular complexity index is 1460. The maximum atomic E-state index is 12.4. The molecule has 0 atom stereocenters. The van der Waals surface area contributed by atoms with Crippen molar-refractivity contribution in [2.24, 2.45) is 0 Å².